The van der Waals surface area contributed by atoms with Gasteiger partial charge in [-0.05, 0) is 67.1 Å². The number of nitrogens with one attached hydrogen (secondary N) is 2. The van der Waals surface area contributed by atoms with Crippen LogP contribution in [0, 0.1) is 17.8 Å². The number of benzene rings is 1. The van der Waals surface area contributed by atoms with E-state index in [0.29, 0.717) is 0 Å². The first kappa shape index (κ1) is 15.8. The number of ether oxygens (including phenoxy) is 1. The molecule has 3 aliphatic rings. The molecule has 24 heavy (non-hydrogen) atoms. The molecule has 0 radical (unpaired) electrons. The summed E-state index contributed by atoms with van der Waals surface area (Å²) in [5.41, 5.74) is 2.72. The fourth-order valence-corrected chi connectivity index (χ4v) is 3.92. The largest absolute Gasteiger partial charge is 0.493 e. The van der Waals surface area contributed by atoms with Crippen molar-refractivity contribution in [1.29, 1.82) is 0 Å². The molecule has 4 heteroatoms. The maximum atomic E-state index is 5.57. The summed E-state index contributed by atoms with van der Waals surface area (Å²) in [6.45, 7) is 2.83. The fourth-order valence-electron chi connectivity index (χ4n) is 3.92. The molecular formula is C20H29N3O. The Kier molecular flexibility index (Phi) is 4.63. The summed E-state index contributed by atoms with van der Waals surface area (Å²) in [7, 11) is 1.87. The predicted octanol–water partition coefficient (Wildman–Crippen LogP) is 2.77. The second-order valence-electron chi connectivity index (χ2n) is 7.51. The summed E-state index contributed by atoms with van der Waals surface area (Å²) in [5.74, 6) is 4.86. The molecule has 1 aromatic rings. The van der Waals surface area contributed by atoms with Crippen LogP contribution >= 0.6 is 0 Å². The summed E-state index contributed by atoms with van der Waals surface area (Å²) >= 11 is 0. The maximum absolute atomic E-state index is 5.57. The zero-order valence-electron chi connectivity index (χ0n) is 14.7. The lowest BCUT2D eigenvalue weighted by Crippen LogP contribution is -2.41. The Hall–Kier alpha value is -1.71. The standard InChI is InChI=1S/C20H29N3O/c1-21-20(23-13-18(15-3-4-15)16-5-6-16)22-10-8-14-2-7-19-17(12-14)9-11-24-19/h2,7,12,15-16,18H,3-6,8-11,13H2,1H3,(H2,21,22,23). The first-order valence-corrected chi connectivity index (χ1v) is 9.52. The SMILES string of the molecule is CN=C(NCCc1ccc2c(c1)CCO2)NCC(C1CC1)C1CC1. The number of nitrogens with zero attached hydrogens (tertiary/aromatic N) is 1. The van der Waals surface area contributed by atoms with Crippen LogP contribution in [-0.2, 0) is 12.8 Å². The lowest BCUT2D eigenvalue weighted by molar-refractivity contribution is 0.357. The third kappa shape index (κ3) is 3.85. The van der Waals surface area contributed by atoms with Crippen LogP contribution in [0.5, 0.6) is 5.75 Å². The first-order chi connectivity index (χ1) is 11.8. The van der Waals surface area contributed by atoms with Crippen LogP contribution in [0.4, 0.5) is 0 Å². The highest BCUT2D eigenvalue weighted by molar-refractivity contribution is 5.79. The Bertz CT molecular complexity index is 593. The molecular weight excluding hydrogens is 298 g/mol. The van der Waals surface area contributed by atoms with Gasteiger partial charge in [0.25, 0.3) is 0 Å². The van der Waals surface area contributed by atoms with Gasteiger partial charge in [-0.3, -0.25) is 4.99 Å². The van der Waals surface area contributed by atoms with Gasteiger partial charge in [0, 0.05) is 26.6 Å². The average Bonchev–Trinajstić information content (AvgIpc) is 3.53. The van der Waals surface area contributed by atoms with E-state index in [1.54, 1.807) is 0 Å². The van der Waals surface area contributed by atoms with Crippen LogP contribution < -0.4 is 15.4 Å². The predicted molar refractivity (Wildman–Crippen MR) is 97.6 cm³/mol. The van der Waals surface area contributed by atoms with Crippen molar-refractivity contribution >= 4 is 5.96 Å². The summed E-state index contributed by atoms with van der Waals surface area (Å²) in [5, 5.41) is 7.03. The minimum absolute atomic E-state index is 0.830. The molecule has 1 aliphatic heterocycles. The Morgan fingerprint density at radius 3 is 2.71 bits per heavy atom. The summed E-state index contributed by atoms with van der Waals surface area (Å²) in [6.07, 6.45) is 7.83. The minimum Gasteiger partial charge on any atom is -0.493 e. The third-order valence-electron chi connectivity index (χ3n) is 5.64. The molecule has 4 rings (SSSR count). The van der Waals surface area contributed by atoms with E-state index in [1.807, 2.05) is 7.05 Å². The lowest BCUT2D eigenvalue weighted by atomic mass is 9.98. The quantitative estimate of drug-likeness (QED) is 0.598. The second kappa shape index (κ2) is 7.04. The second-order valence-corrected chi connectivity index (χ2v) is 7.51. The highest BCUT2D eigenvalue weighted by atomic mass is 16.5. The van der Waals surface area contributed by atoms with Crippen molar-refractivity contribution in [1.82, 2.24) is 10.6 Å². The van der Waals surface area contributed by atoms with Gasteiger partial charge in [0.05, 0.1) is 6.61 Å². The number of rotatable bonds is 7. The van der Waals surface area contributed by atoms with Crippen LogP contribution in [0.1, 0.15) is 36.8 Å². The molecule has 0 saturated heterocycles. The maximum Gasteiger partial charge on any atom is 0.190 e. The third-order valence-corrected chi connectivity index (χ3v) is 5.64. The minimum atomic E-state index is 0.830. The van der Waals surface area contributed by atoms with Crippen molar-refractivity contribution in [2.45, 2.75) is 38.5 Å². The molecule has 0 bridgehead atoms. The van der Waals surface area contributed by atoms with Gasteiger partial charge in [-0.2, -0.15) is 0 Å². The number of guanidine groups is 1. The normalized spacial score (nSPS) is 20.0. The van der Waals surface area contributed by atoms with Gasteiger partial charge < -0.3 is 15.4 Å². The van der Waals surface area contributed by atoms with Gasteiger partial charge in [0.1, 0.15) is 5.75 Å². The molecule has 2 saturated carbocycles. The first-order valence-electron chi connectivity index (χ1n) is 9.52. The van der Waals surface area contributed by atoms with Gasteiger partial charge >= 0.3 is 0 Å². The van der Waals surface area contributed by atoms with Crippen molar-refractivity contribution < 1.29 is 4.74 Å². The Balaban J connectivity index is 1.22. The van der Waals surface area contributed by atoms with Gasteiger partial charge in [0.15, 0.2) is 5.96 Å². The van der Waals surface area contributed by atoms with Gasteiger partial charge in [0.2, 0.25) is 0 Å². The van der Waals surface area contributed by atoms with Crippen molar-refractivity contribution in [2.75, 3.05) is 26.7 Å². The van der Waals surface area contributed by atoms with E-state index in [-0.39, 0.29) is 0 Å². The van der Waals surface area contributed by atoms with E-state index >= 15 is 0 Å². The highest BCUT2D eigenvalue weighted by Gasteiger charge is 2.41. The Labute approximate surface area is 145 Å². The molecule has 0 aromatic heterocycles. The molecule has 4 nitrogen and oxygen atoms in total. The van der Waals surface area contributed by atoms with E-state index in [0.717, 1.165) is 62.0 Å². The van der Waals surface area contributed by atoms with Gasteiger partial charge in [-0.1, -0.05) is 12.1 Å². The molecule has 0 atom stereocenters. The summed E-state index contributed by atoms with van der Waals surface area (Å²) < 4.78 is 5.57. The molecule has 0 spiro atoms. The molecule has 1 heterocycles. The summed E-state index contributed by atoms with van der Waals surface area (Å²) in [6, 6.07) is 6.58. The number of hydrogen-bond acceptors (Lipinski definition) is 2. The van der Waals surface area contributed by atoms with E-state index in [2.05, 4.69) is 33.8 Å². The Morgan fingerprint density at radius 1 is 1.21 bits per heavy atom. The van der Waals surface area contributed by atoms with Crippen LogP contribution in [0.2, 0.25) is 0 Å². The molecule has 2 fully saturated rings. The van der Waals surface area contributed by atoms with Crippen molar-refractivity contribution in [3.8, 4) is 5.75 Å². The van der Waals surface area contributed by atoms with E-state index in [1.165, 1.54) is 36.8 Å². The topological polar surface area (TPSA) is 45.7 Å². The zero-order chi connectivity index (χ0) is 16.4. The van der Waals surface area contributed by atoms with Crippen molar-refractivity contribution in [3.05, 3.63) is 29.3 Å². The van der Waals surface area contributed by atoms with Crippen LogP contribution in [0.3, 0.4) is 0 Å². The molecule has 130 valence electrons. The molecule has 0 amide bonds. The average molecular weight is 327 g/mol. The van der Waals surface area contributed by atoms with Gasteiger partial charge in [-0.15, -0.1) is 0 Å². The fraction of sp³-hybridized carbons (Fsp3) is 0.650. The van der Waals surface area contributed by atoms with E-state index < -0.39 is 0 Å². The van der Waals surface area contributed by atoms with Gasteiger partial charge in [-0.25, -0.2) is 0 Å². The number of aliphatic imine (C=N–C) groups is 1. The van der Waals surface area contributed by atoms with E-state index in [4.69, 9.17) is 4.74 Å². The molecule has 2 N–H and O–H groups in total. The number of hydrogen-bond donors (Lipinski definition) is 2. The van der Waals surface area contributed by atoms with Crippen LogP contribution in [-0.4, -0.2) is 32.7 Å². The molecule has 0 unspecified atom stereocenters. The molecule has 2 aliphatic carbocycles. The summed E-state index contributed by atoms with van der Waals surface area (Å²) in [4.78, 5) is 4.38. The van der Waals surface area contributed by atoms with E-state index in [9.17, 15) is 0 Å². The number of fused-ring (bicyclic) bond motifs is 1. The monoisotopic (exact) mass is 327 g/mol. The van der Waals surface area contributed by atoms with Crippen LogP contribution in [0.25, 0.3) is 0 Å². The van der Waals surface area contributed by atoms with Crippen LogP contribution in [0.15, 0.2) is 23.2 Å². The lowest BCUT2D eigenvalue weighted by Gasteiger charge is -2.18. The van der Waals surface area contributed by atoms with Crippen molar-refractivity contribution in [2.24, 2.45) is 22.7 Å². The smallest absolute Gasteiger partial charge is 0.190 e. The highest BCUT2D eigenvalue weighted by Crippen LogP contribution is 2.48. The Morgan fingerprint density at radius 2 is 2.00 bits per heavy atom. The van der Waals surface area contributed by atoms with Crippen molar-refractivity contribution in [3.63, 3.8) is 0 Å². The zero-order valence-corrected chi connectivity index (χ0v) is 14.7. The molecule has 1 aromatic carbocycles.